The number of nitrogens with one attached hydrogen (secondary N) is 2. The van der Waals surface area contributed by atoms with Crippen molar-refractivity contribution in [3.05, 3.63) is 86.8 Å². The fourth-order valence-corrected chi connectivity index (χ4v) is 3.76. The highest BCUT2D eigenvalue weighted by molar-refractivity contribution is 6.32. The highest BCUT2D eigenvalue weighted by Crippen LogP contribution is 2.44. The second kappa shape index (κ2) is 8.39. The van der Waals surface area contributed by atoms with Gasteiger partial charge in [0, 0.05) is 24.9 Å². The number of halogens is 5. The van der Waals surface area contributed by atoms with Gasteiger partial charge in [0.1, 0.15) is 11.2 Å². The number of nitrogens with zero attached hydrogens (tertiary/aromatic N) is 1. The van der Waals surface area contributed by atoms with Crippen molar-refractivity contribution in [2.24, 2.45) is 0 Å². The maximum absolute atomic E-state index is 14.6. The van der Waals surface area contributed by atoms with Crippen molar-refractivity contribution in [1.82, 2.24) is 15.3 Å². The number of alkyl halides is 3. The number of carbonyl (C=O) groups excluding carboxylic acids is 1. The van der Waals surface area contributed by atoms with Crippen molar-refractivity contribution in [2.75, 3.05) is 6.61 Å². The number of aromatic nitrogens is 2. The number of hydrogen-bond donors (Lipinski definition) is 2. The zero-order chi connectivity index (χ0) is 23.8. The van der Waals surface area contributed by atoms with Gasteiger partial charge in [0.05, 0.1) is 17.2 Å². The van der Waals surface area contributed by atoms with Crippen LogP contribution in [0.2, 0.25) is 5.02 Å². The summed E-state index contributed by atoms with van der Waals surface area (Å²) in [6.45, 7) is 0.0345. The fraction of sp³-hybridized carbons (Fsp3) is 0.190. The van der Waals surface area contributed by atoms with Crippen LogP contribution in [0, 0.1) is 5.82 Å². The summed E-state index contributed by atoms with van der Waals surface area (Å²) >= 11 is 6.22. The third-order valence-electron chi connectivity index (χ3n) is 5.01. The summed E-state index contributed by atoms with van der Waals surface area (Å²) in [5.74, 6) is -2.84. The number of fused-ring (bicyclic) bond motifs is 1. The summed E-state index contributed by atoms with van der Waals surface area (Å²) in [5.41, 5.74) is -1.62. The van der Waals surface area contributed by atoms with Crippen LogP contribution >= 0.6 is 11.6 Å². The Morgan fingerprint density at radius 3 is 2.70 bits per heavy atom. The molecule has 0 bridgehead atoms. The van der Waals surface area contributed by atoms with E-state index in [9.17, 15) is 27.2 Å². The quantitative estimate of drug-likeness (QED) is 0.549. The first-order valence-electron chi connectivity index (χ1n) is 9.44. The van der Waals surface area contributed by atoms with Crippen LogP contribution in [0.1, 0.15) is 28.0 Å². The molecule has 2 N–H and O–H groups in total. The Morgan fingerprint density at radius 1 is 1.24 bits per heavy atom. The lowest BCUT2D eigenvalue weighted by molar-refractivity contribution is -0.275. The summed E-state index contributed by atoms with van der Waals surface area (Å²) in [6.07, 6.45) is -2.48. The molecule has 2 aromatic heterocycles. The van der Waals surface area contributed by atoms with Gasteiger partial charge in [-0.05, 0) is 29.8 Å². The minimum Gasteiger partial charge on any atom is -0.490 e. The minimum atomic E-state index is -5.08. The molecule has 3 aromatic rings. The molecule has 0 unspecified atom stereocenters. The zero-order valence-electron chi connectivity index (χ0n) is 16.5. The molecular weight excluding hydrogens is 470 g/mol. The van der Waals surface area contributed by atoms with E-state index in [2.05, 4.69) is 20.0 Å². The van der Waals surface area contributed by atoms with Gasteiger partial charge in [-0.1, -0.05) is 17.7 Å². The second-order valence-electron chi connectivity index (χ2n) is 7.06. The number of aromatic amines is 1. The molecule has 0 saturated carbocycles. The molecule has 4 rings (SSSR count). The number of hydrogen-bond acceptors (Lipinski definition) is 5. The van der Waals surface area contributed by atoms with E-state index in [1.165, 1.54) is 30.6 Å². The van der Waals surface area contributed by atoms with E-state index in [0.717, 1.165) is 18.2 Å². The van der Waals surface area contributed by atoms with Crippen LogP contribution in [0.3, 0.4) is 0 Å². The van der Waals surface area contributed by atoms with Crippen LogP contribution in [-0.4, -0.2) is 28.8 Å². The molecule has 12 heteroatoms. The van der Waals surface area contributed by atoms with Gasteiger partial charge >= 0.3 is 6.36 Å². The van der Waals surface area contributed by atoms with Crippen LogP contribution < -0.4 is 20.3 Å². The molecule has 1 amide bonds. The van der Waals surface area contributed by atoms with E-state index in [4.69, 9.17) is 16.3 Å². The van der Waals surface area contributed by atoms with E-state index in [-0.39, 0.29) is 40.6 Å². The predicted molar refractivity (Wildman–Crippen MR) is 108 cm³/mol. The van der Waals surface area contributed by atoms with Gasteiger partial charge in [0.15, 0.2) is 17.3 Å². The van der Waals surface area contributed by atoms with Crippen LogP contribution in [0.15, 0.2) is 53.6 Å². The normalized spacial score (nSPS) is 17.6. The maximum atomic E-state index is 14.6. The smallest absolute Gasteiger partial charge is 0.490 e. The lowest BCUT2D eigenvalue weighted by Crippen LogP contribution is -2.50. The molecule has 172 valence electrons. The average Bonchev–Trinajstić information content (AvgIpc) is 2.75. The number of amides is 1. The first kappa shape index (κ1) is 22.6. The molecule has 0 spiro atoms. The number of pyridine rings is 2. The molecule has 0 radical (unpaired) electrons. The summed E-state index contributed by atoms with van der Waals surface area (Å²) in [5, 5.41) is 2.95. The van der Waals surface area contributed by atoms with E-state index in [1.54, 1.807) is 0 Å². The molecule has 1 atom stereocenters. The Labute approximate surface area is 188 Å². The predicted octanol–water partition coefficient (Wildman–Crippen LogP) is 3.92. The van der Waals surface area contributed by atoms with Crippen LogP contribution in [0.5, 0.6) is 11.5 Å². The zero-order valence-corrected chi connectivity index (χ0v) is 17.3. The van der Waals surface area contributed by atoms with E-state index in [0.29, 0.717) is 0 Å². The number of benzene rings is 1. The lowest BCUT2D eigenvalue weighted by Gasteiger charge is -2.39. The first-order chi connectivity index (χ1) is 15.6. The molecule has 7 nitrogen and oxygen atoms in total. The largest absolute Gasteiger partial charge is 0.573 e. The van der Waals surface area contributed by atoms with E-state index < -0.39 is 34.9 Å². The lowest BCUT2D eigenvalue weighted by atomic mass is 9.81. The van der Waals surface area contributed by atoms with E-state index in [1.807, 2.05) is 0 Å². The number of carbonyl (C=O) groups is 1. The van der Waals surface area contributed by atoms with E-state index >= 15 is 0 Å². The van der Waals surface area contributed by atoms with Gasteiger partial charge in [-0.3, -0.25) is 14.6 Å². The SMILES string of the molecule is O=C(N[C@]1(c2ccc(OC(F)(F)F)c(F)c2)CCOc2c(Cl)ccnc21)c1ccc(=O)[nH]c1. The van der Waals surface area contributed by atoms with Crippen molar-refractivity contribution < 1.29 is 31.8 Å². The van der Waals surface area contributed by atoms with Gasteiger partial charge in [-0.15, -0.1) is 13.2 Å². The molecule has 1 aromatic carbocycles. The fourth-order valence-electron chi connectivity index (χ4n) is 3.56. The third kappa shape index (κ3) is 4.49. The molecule has 0 saturated heterocycles. The monoisotopic (exact) mass is 483 g/mol. The van der Waals surface area contributed by atoms with Crippen LogP contribution in [-0.2, 0) is 5.54 Å². The number of rotatable bonds is 4. The molecule has 1 aliphatic heterocycles. The van der Waals surface area contributed by atoms with Crippen molar-refractivity contribution >= 4 is 17.5 Å². The van der Waals surface area contributed by atoms with Crippen molar-refractivity contribution in [3.63, 3.8) is 0 Å². The Hall–Kier alpha value is -3.60. The third-order valence-corrected chi connectivity index (χ3v) is 5.31. The maximum Gasteiger partial charge on any atom is 0.573 e. The Morgan fingerprint density at radius 2 is 2.03 bits per heavy atom. The highest BCUT2D eigenvalue weighted by Gasteiger charge is 2.44. The van der Waals surface area contributed by atoms with Crippen molar-refractivity contribution in [3.8, 4) is 11.5 Å². The average molecular weight is 484 g/mol. The standard InChI is InChI=1S/C21H14ClF4N3O4/c22-13-5-7-27-18-17(13)32-8-6-20(18,29-19(31)11-1-4-16(30)28-10-11)12-2-3-15(14(23)9-12)33-21(24,25)26/h1-5,7,9-10H,6,8H2,(H,28,30)(H,29,31)/t20-/m0/s1. The van der Waals surface area contributed by atoms with Gasteiger partial charge in [-0.25, -0.2) is 4.39 Å². The van der Waals surface area contributed by atoms with Crippen molar-refractivity contribution in [1.29, 1.82) is 0 Å². The molecule has 3 heterocycles. The molecule has 33 heavy (non-hydrogen) atoms. The Bertz CT molecular complexity index is 1260. The Balaban J connectivity index is 1.84. The molecule has 0 fully saturated rings. The molecule has 0 aliphatic carbocycles. The Kier molecular flexibility index (Phi) is 5.75. The first-order valence-corrected chi connectivity index (χ1v) is 9.82. The van der Waals surface area contributed by atoms with Gasteiger partial charge in [0.2, 0.25) is 5.56 Å². The second-order valence-corrected chi connectivity index (χ2v) is 7.47. The van der Waals surface area contributed by atoms with Gasteiger partial charge < -0.3 is 19.8 Å². The van der Waals surface area contributed by atoms with Crippen molar-refractivity contribution in [2.45, 2.75) is 18.3 Å². The molecule has 1 aliphatic rings. The summed E-state index contributed by atoms with van der Waals surface area (Å²) in [7, 11) is 0. The molecular formula is C21H14ClF4N3O4. The van der Waals surface area contributed by atoms with Crippen LogP contribution in [0.25, 0.3) is 0 Å². The number of ether oxygens (including phenoxy) is 2. The van der Waals surface area contributed by atoms with Crippen LogP contribution in [0.4, 0.5) is 17.6 Å². The highest BCUT2D eigenvalue weighted by atomic mass is 35.5. The topological polar surface area (TPSA) is 93.3 Å². The van der Waals surface area contributed by atoms with Gasteiger partial charge in [0.25, 0.3) is 5.91 Å². The van der Waals surface area contributed by atoms with Gasteiger partial charge in [-0.2, -0.15) is 0 Å². The minimum absolute atomic E-state index is 0.0345. The summed E-state index contributed by atoms with van der Waals surface area (Å²) in [6, 6.07) is 6.72. The number of H-pyrrole nitrogens is 1. The summed E-state index contributed by atoms with van der Waals surface area (Å²) < 4.78 is 61.6. The summed E-state index contributed by atoms with van der Waals surface area (Å²) in [4.78, 5) is 31.0.